The van der Waals surface area contributed by atoms with Crippen LogP contribution in [0, 0.1) is 13.8 Å². The van der Waals surface area contributed by atoms with E-state index >= 15 is 8.78 Å². The Morgan fingerprint density at radius 2 is 1.42 bits per heavy atom. The number of hydrogen-bond donors (Lipinski definition) is 0. The van der Waals surface area contributed by atoms with Crippen LogP contribution in [0.5, 0.6) is 0 Å². The number of benzene rings is 4. The van der Waals surface area contributed by atoms with Gasteiger partial charge in [0.2, 0.25) is 0 Å². The van der Waals surface area contributed by atoms with Crippen molar-refractivity contribution in [3.8, 4) is 11.3 Å². The minimum atomic E-state index is -3.14. The Hall–Kier alpha value is -3.92. The molecule has 1 aliphatic rings. The van der Waals surface area contributed by atoms with Gasteiger partial charge in [-0.2, -0.15) is 8.78 Å². The maximum Gasteiger partial charge on any atom is 0.299 e. The van der Waals surface area contributed by atoms with Crippen molar-refractivity contribution >= 4 is 43.1 Å². The second kappa shape index (κ2) is 6.10. The monoisotopic (exact) mass is 432 g/mol. The molecule has 33 heavy (non-hydrogen) atoms. The summed E-state index contributed by atoms with van der Waals surface area (Å²) in [4.78, 5) is 9.17. The summed E-state index contributed by atoms with van der Waals surface area (Å²) in [6.45, 7) is 3.90. The van der Waals surface area contributed by atoms with Crippen LogP contribution in [0.25, 0.3) is 54.3 Å². The minimum absolute atomic E-state index is 0.0160. The first-order valence-electron chi connectivity index (χ1n) is 11.0. The van der Waals surface area contributed by atoms with Gasteiger partial charge in [-0.25, -0.2) is 0 Å². The number of hydrogen-bond acceptors (Lipinski definition) is 2. The zero-order chi connectivity index (χ0) is 22.5. The van der Waals surface area contributed by atoms with E-state index in [4.69, 9.17) is 0 Å². The molecule has 0 bridgehead atoms. The van der Waals surface area contributed by atoms with Crippen molar-refractivity contribution < 1.29 is 8.78 Å². The molecule has 4 heteroatoms. The van der Waals surface area contributed by atoms with Gasteiger partial charge in [-0.1, -0.05) is 36.4 Å². The molecule has 0 amide bonds. The molecule has 2 nitrogen and oxygen atoms in total. The van der Waals surface area contributed by atoms with Crippen LogP contribution in [0.2, 0.25) is 0 Å². The van der Waals surface area contributed by atoms with Gasteiger partial charge in [-0.05, 0) is 76.5 Å². The van der Waals surface area contributed by atoms with Gasteiger partial charge < -0.3 is 0 Å². The number of halogens is 2. The third-order valence-electron chi connectivity index (χ3n) is 6.99. The molecule has 2 heterocycles. The van der Waals surface area contributed by atoms with Crippen LogP contribution in [-0.2, 0) is 5.92 Å². The molecule has 2 aromatic heterocycles. The largest absolute Gasteiger partial charge is 0.299 e. The second-order valence-electron chi connectivity index (χ2n) is 8.93. The van der Waals surface area contributed by atoms with E-state index in [1.54, 1.807) is 18.3 Å². The molecule has 7 rings (SSSR count). The fourth-order valence-corrected chi connectivity index (χ4v) is 5.53. The van der Waals surface area contributed by atoms with Crippen LogP contribution in [0.15, 0.2) is 72.9 Å². The van der Waals surface area contributed by atoms with Gasteiger partial charge in [-0.3, -0.25) is 9.97 Å². The van der Waals surface area contributed by atoms with E-state index in [1.165, 1.54) is 0 Å². The molecule has 0 aliphatic heterocycles. The van der Waals surface area contributed by atoms with Gasteiger partial charge in [0, 0.05) is 45.0 Å². The third-order valence-corrected chi connectivity index (χ3v) is 6.99. The number of aromatic nitrogens is 2. The molecule has 1 aliphatic carbocycles. The van der Waals surface area contributed by atoms with Gasteiger partial charge in [-0.15, -0.1) is 0 Å². The van der Waals surface area contributed by atoms with Crippen molar-refractivity contribution in [2.24, 2.45) is 0 Å². The first-order valence-corrected chi connectivity index (χ1v) is 11.0. The van der Waals surface area contributed by atoms with Gasteiger partial charge in [0.1, 0.15) is 0 Å². The van der Waals surface area contributed by atoms with Crippen molar-refractivity contribution in [1.29, 1.82) is 0 Å². The first-order chi connectivity index (χ1) is 15.9. The Morgan fingerprint density at radius 3 is 2.24 bits per heavy atom. The van der Waals surface area contributed by atoms with Crippen LogP contribution in [0.4, 0.5) is 8.78 Å². The molecule has 0 N–H and O–H groups in total. The Balaban J connectivity index is 1.71. The molecular formula is C29H18F2N2. The Morgan fingerprint density at radius 1 is 0.697 bits per heavy atom. The van der Waals surface area contributed by atoms with Gasteiger partial charge in [0.05, 0.1) is 5.69 Å². The fraction of sp³-hybridized carbons (Fsp3) is 0.103. The predicted molar refractivity (Wildman–Crippen MR) is 130 cm³/mol. The summed E-state index contributed by atoms with van der Waals surface area (Å²) in [5.41, 5.74) is 2.95. The maximum absolute atomic E-state index is 16.2. The van der Waals surface area contributed by atoms with Gasteiger partial charge in [0.25, 0.3) is 5.92 Å². The molecule has 158 valence electrons. The van der Waals surface area contributed by atoms with Crippen molar-refractivity contribution in [1.82, 2.24) is 9.97 Å². The molecule has 0 atom stereocenters. The molecule has 0 saturated carbocycles. The molecule has 0 fully saturated rings. The summed E-state index contributed by atoms with van der Waals surface area (Å²) in [6.07, 6.45) is 1.73. The Bertz CT molecular complexity index is 1820. The smallest absolute Gasteiger partial charge is 0.258 e. The zero-order valence-corrected chi connectivity index (χ0v) is 18.1. The van der Waals surface area contributed by atoms with Crippen LogP contribution in [-0.4, -0.2) is 9.97 Å². The normalized spacial score (nSPS) is 14.3. The van der Waals surface area contributed by atoms with Crippen LogP contribution >= 0.6 is 0 Å². The van der Waals surface area contributed by atoms with Gasteiger partial charge in [0.15, 0.2) is 0 Å². The van der Waals surface area contributed by atoms with Crippen LogP contribution in [0.3, 0.4) is 0 Å². The lowest BCUT2D eigenvalue weighted by Crippen LogP contribution is -2.21. The van der Waals surface area contributed by atoms with Crippen LogP contribution in [0.1, 0.15) is 22.5 Å². The van der Waals surface area contributed by atoms with Crippen molar-refractivity contribution in [2.75, 3.05) is 0 Å². The third kappa shape index (κ3) is 2.35. The summed E-state index contributed by atoms with van der Waals surface area (Å²) in [5, 5.41) is 6.79. The second-order valence-corrected chi connectivity index (χ2v) is 8.93. The highest BCUT2D eigenvalue weighted by Gasteiger charge is 2.43. The van der Waals surface area contributed by atoms with Crippen molar-refractivity contribution in [3.05, 3.63) is 95.4 Å². The molecular weight excluding hydrogens is 414 g/mol. The number of alkyl halides is 2. The summed E-state index contributed by atoms with van der Waals surface area (Å²) < 4.78 is 32.5. The van der Waals surface area contributed by atoms with Crippen molar-refractivity contribution in [3.63, 3.8) is 0 Å². The first kappa shape index (κ1) is 18.6. The molecule has 6 aromatic rings. The molecule has 0 spiro atoms. The van der Waals surface area contributed by atoms with E-state index in [-0.39, 0.29) is 11.1 Å². The SMILES string of the molecule is Cc1cc2c(ccc3c4ccnc5c4c(cc23)C(F)(F)c2cc3ccccc3cc2-5)c(C)n1. The topological polar surface area (TPSA) is 25.8 Å². The van der Waals surface area contributed by atoms with E-state index in [0.717, 1.165) is 49.1 Å². The van der Waals surface area contributed by atoms with Gasteiger partial charge >= 0.3 is 0 Å². The summed E-state index contributed by atoms with van der Waals surface area (Å²) >= 11 is 0. The number of aryl methyl sites for hydroxylation is 2. The Kier molecular flexibility index (Phi) is 3.45. The number of rotatable bonds is 0. The average Bonchev–Trinajstić information content (AvgIpc) is 2.81. The standard InChI is InChI=1S/C29H18F2N2/c1-15-11-22-19(16(2)33-15)7-8-20-21-9-10-32-28-24-12-17-5-3-4-6-18(17)13-25(24)29(30,31)26(27(21)28)14-23(20)22/h3-14H,1-2H3. The van der Waals surface area contributed by atoms with E-state index in [9.17, 15) is 0 Å². The number of fused-ring (bicyclic) bond motifs is 7. The minimum Gasteiger partial charge on any atom is -0.258 e. The summed E-state index contributed by atoms with van der Waals surface area (Å²) in [5.74, 6) is -3.14. The predicted octanol–water partition coefficient (Wildman–Crippen LogP) is 7.83. The molecule has 0 radical (unpaired) electrons. The van der Waals surface area contributed by atoms with E-state index in [0.29, 0.717) is 16.6 Å². The fourth-order valence-electron chi connectivity index (χ4n) is 5.53. The number of nitrogens with zero attached hydrogens (tertiary/aromatic N) is 2. The van der Waals surface area contributed by atoms with Crippen LogP contribution < -0.4 is 0 Å². The zero-order valence-electron chi connectivity index (χ0n) is 18.1. The Labute approximate surface area is 188 Å². The van der Waals surface area contributed by atoms with E-state index in [1.807, 2.05) is 68.4 Å². The van der Waals surface area contributed by atoms with Crippen molar-refractivity contribution in [2.45, 2.75) is 19.8 Å². The maximum atomic E-state index is 16.2. The van der Waals surface area contributed by atoms with E-state index < -0.39 is 5.92 Å². The highest BCUT2D eigenvalue weighted by molar-refractivity contribution is 6.21. The lowest BCUT2D eigenvalue weighted by molar-refractivity contribution is 0.0445. The summed E-state index contributed by atoms with van der Waals surface area (Å²) in [7, 11) is 0. The quantitative estimate of drug-likeness (QED) is 0.229. The lowest BCUT2D eigenvalue weighted by atomic mass is 9.80. The number of pyridine rings is 2. The van der Waals surface area contributed by atoms with E-state index in [2.05, 4.69) is 9.97 Å². The molecule has 0 saturated heterocycles. The highest BCUT2D eigenvalue weighted by atomic mass is 19.3. The molecule has 4 aromatic carbocycles. The summed E-state index contributed by atoms with van der Waals surface area (Å²) in [6, 6.07) is 20.7. The molecule has 0 unspecified atom stereocenters. The average molecular weight is 432 g/mol. The lowest BCUT2D eigenvalue weighted by Gasteiger charge is -2.29. The highest BCUT2D eigenvalue weighted by Crippen LogP contribution is 2.52.